The van der Waals surface area contributed by atoms with E-state index < -0.39 is 41.8 Å². The summed E-state index contributed by atoms with van der Waals surface area (Å²) in [4.78, 5) is 35.2. The second kappa shape index (κ2) is 7.98. The third-order valence-corrected chi connectivity index (χ3v) is 3.15. The van der Waals surface area contributed by atoms with Gasteiger partial charge in [-0.15, -0.1) is 0 Å². The van der Waals surface area contributed by atoms with Gasteiger partial charge in [-0.3, -0.25) is 9.59 Å². The van der Waals surface area contributed by atoms with Crippen molar-refractivity contribution in [2.75, 3.05) is 7.11 Å². The van der Waals surface area contributed by atoms with Crippen LogP contribution in [0.2, 0.25) is 0 Å². The number of hydrogen-bond acceptors (Lipinski definition) is 4. The van der Waals surface area contributed by atoms with E-state index >= 15 is 0 Å². The summed E-state index contributed by atoms with van der Waals surface area (Å²) in [5.74, 6) is -1.34. The van der Waals surface area contributed by atoms with E-state index in [1.54, 1.807) is 0 Å². The fraction of sp³-hybridized carbons (Fsp3) is 0.533. The average molecular weight is 348 g/mol. The molecular formula is C15H19F3N2O4. The monoisotopic (exact) mass is 348 g/mol. The maximum Gasteiger partial charge on any atom is 0.417 e. The number of nitrogens with one attached hydrogen (secondary N) is 1. The molecule has 1 aromatic heterocycles. The van der Waals surface area contributed by atoms with E-state index in [0.29, 0.717) is 23.3 Å². The Morgan fingerprint density at radius 1 is 1.29 bits per heavy atom. The molecule has 1 aromatic rings. The molecule has 134 valence electrons. The Labute approximate surface area is 136 Å². The van der Waals surface area contributed by atoms with Gasteiger partial charge in [-0.05, 0) is 18.4 Å². The van der Waals surface area contributed by atoms with E-state index in [4.69, 9.17) is 0 Å². The van der Waals surface area contributed by atoms with Gasteiger partial charge >= 0.3 is 12.1 Å². The van der Waals surface area contributed by atoms with Crippen molar-refractivity contribution in [3.8, 4) is 0 Å². The minimum atomic E-state index is -4.63. The van der Waals surface area contributed by atoms with Gasteiger partial charge in [0, 0.05) is 12.3 Å². The molecule has 1 atom stereocenters. The minimum absolute atomic E-state index is 0.0747. The molecule has 0 aromatic carbocycles. The van der Waals surface area contributed by atoms with E-state index in [2.05, 4.69) is 10.1 Å². The van der Waals surface area contributed by atoms with Crippen LogP contribution in [0.4, 0.5) is 13.2 Å². The third kappa shape index (κ3) is 5.71. The molecule has 1 amide bonds. The van der Waals surface area contributed by atoms with Crippen LogP contribution >= 0.6 is 0 Å². The van der Waals surface area contributed by atoms with Gasteiger partial charge in [-0.2, -0.15) is 13.2 Å². The molecule has 1 heterocycles. The summed E-state index contributed by atoms with van der Waals surface area (Å²) in [7, 11) is 1.17. The van der Waals surface area contributed by atoms with Gasteiger partial charge in [0.15, 0.2) is 0 Å². The van der Waals surface area contributed by atoms with Crippen molar-refractivity contribution in [3.63, 3.8) is 0 Å². The SMILES string of the molecule is COC(=O)[C@H](CC(C)C)NC(=O)Cn1cc(C(F)(F)F)ccc1=O. The molecule has 1 rings (SSSR count). The molecule has 1 N–H and O–H groups in total. The second-order valence-corrected chi connectivity index (χ2v) is 5.65. The van der Waals surface area contributed by atoms with Crippen molar-refractivity contribution in [1.82, 2.24) is 9.88 Å². The highest BCUT2D eigenvalue weighted by atomic mass is 19.4. The molecule has 0 bridgehead atoms. The van der Waals surface area contributed by atoms with E-state index in [1.165, 1.54) is 7.11 Å². The lowest BCUT2D eigenvalue weighted by Crippen LogP contribution is -2.44. The maximum atomic E-state index is 12.7. The van der Waals surface area contributed by atoms with Gasteiger partial charge in [0.1, 0.15) is 12.6 Å². The largest absolute Gasteiger partial charge is 0.467 e. The predicted octanol–water partition coefficient (Wildman–Crippen LogP) is 1.57. The molecule has 0 fully saturated rings. The van der Waals surface area contributed by atoms with Gasteiger partial charge in [-0.25, -0.2) is 4.79 Å². The summed E-state index contributed by atoms with van der Waals surface area (Å²) >= 11 is 0. The molecule has 0 unspecified atom stereocenters. The molecule has 0 radical (unpaired) electrons. The lowest BCUT2D eigenvalue weighted by atomic mass is 10.0. The van der Waals surface area contributed by atoms with Crippen LogP contribution in [-0.2, 0) is 27.0 Å². The number of hydrogen-bond donors (Lipinski definition) is 1. The van der Waals surface area contributed by atoms with Gasteiger partial charge in [-0.1, -0.05) is 13.8 Å². The summed E-state index contributed by atoms with van der Waals surface area (Å²) in [5.41, 5.74) is -1.79. The minimum Gasteiger partial charge on any atom is -0.467 e. The van der Waals surface area contributed by atoms with Crippen LogP contribution in [-0.4, -0.2) is 29.6 Å². The normalized spacial score (nSPS) is 12.8. The first-order valence-corrected chi connectivity index (χ1v) is 7.19. The fourth-order valence-corrected chi connectivity index (χ4v) is 2.05. The molecule has 0 saturated carbocycles. The Morgan fingerprint density at radius 3 is 2.42 bits per heavy atom. The van der Waals surface area contributed by atoms with Gasteiger partial charge in [0.05, 0.1) is 12.7 Å². The van der Waals surface area contributed by atoms with Crippen LogP contribution in [0.5, 0.6) is 0 Å². The zero-order valence-corrected chi connectivity index (χ0v) is 13.5. The number of pyridine rings is 1. The second-order valence-electron chi connectivity index (χ2n) is 5.65. The Kier molecular flexibility index (Phi) is 6.56. The van der Waals surface area contributed by atoms with Crippen LogP contribution < -0.4 is 10.9 Å². The van der Waals surface area contributed by atoms with E-state index in [9.17, 15) is 27.6 Å². The smallest absolute Gasteiger partial charge is 0.417 e. The van der Waals surface area contributed by atoms with E-state index in [-0.39, 0.29) is 5.92 Å². The molecular weight excluding hydrogens is 329 g/mol. The number of aromatic nitrogens is 1. The summed E-state index contributed by atoms with van der Waals surface area (Å²) in [5, 5.41) is 2.38. The number of ether oxygens (including phenoxy) is 1. The summed E-state index contributed by atoms with van der Waals surface area (Å²) < 4.78 is 43.2. The number of esters is 1. The van der Waals surface area contributed by atoms with Crippen LogP contribution in [0.25, 0.3) is 0 Å². The van der Waals surface area contributed by atoms with Crippen LogP contribution in [0, 0.1) is 5.92 Å². The van der Waals surface area contributed by atoms with E-state index in [0.717, 1.165) is 6.07 Å². The standard InChI is InChI=1S/C15H19F3N2O4/c1-9(2)6-11(14(23)24-3)19-12(21)8-20-7-10(15(16,17)18)4-5-13(20)22/h4-5,7,9,11H,6,8H2,1-3H3,(H,19,21)/t11-/m0/s1. The number of carbonyl (C=O) groups excluding carboxylic acids is 2. The summed E-state index contributed by atoms with van der Waals surface area (Å²) in [6, 6.07) is 0.457. The molecule has 0 aliphatic carbocycles. The summed E-state index contributed by atoms with van der Waals surface area (Å²) in [6.07, 6.45) is -3.76. The van der Waals surface area contributed by atoms with Gasteiger partial charge in [0.25, 0.3) is 5.56 Å². The van der Waals surface area contributed by atoms with Crippen LogP contribution in [0.15, 0.2) is 23.1 Å². The number of alkyl halides is 3. The molecule has 6 nitrogen and oxygen atoms in total. The molecule has 9 heteroatoms. The zero-order chi connectivity index (χ0) is 18.5. The van der Waals surface area contributed by atoms with Gasteiger partial charge in [0.2, 0.25) is 5.91 Å². The molecule has 0 aliphatic heterocycles. The topological polar surface area (TPSA) is 77.4 Å². The van der Waals surface area contributed by atoms with Crippen molar-refractivity contribution in [2.45, 2.75) is 39.0 Å². The summed E-state index contributed by atoms with van der Waals surface area (Å²) in [6.45, 7) is 3.03. The Balaban J connectivity index is 2.90. The van der Waals surface area contributed by atoms with Crippen LogP contribution in [0.3, 0.4) is 0 Å². The average Bonchev–Trinajstić information content (AvgIpc) is 2.46. The first-order valence-electron chi connectivity index (χ1n) is 7.19. The Morgan fingerprint density at radius 2 is 1.92 bits per heavy atom. The highest BCUT2D eigenvalue weighted by molar-refractivity contribution is 5.84. The number of rotatable bonds is 6. The van der Waals surface area contributed by atoms with Crippen LogP contribution in [0.1, 0.15) is 25.8 Å². The van der Waals surface area contributed by atoms with Crippen molar-refractivity contribution in [3.05, 3.63) is 34.2 Å². The predicted molar refractivity (Wildman–Crippen MR) is 79.1 cm³/mol. The molecule has 24 heavy (non-hydrogen) atoms. The Bertz CT molecular complexity index is 653. The maximum absolute atomic E-state index is 12.7. The highest BCUT2D eigenvalue weighted by Crippen LogP contribution is 2.27. The zero-order valence-electron chi connectivity index (χ0n) is 13.5. The number of halogens is 3. The number of nitrogens with zero attached hydrogens (tertiary/aromatic N) is 1. The molecule has 0 saturated heterocycles. The van der Waals surface area contributed by atoms with Crippen molar-refractivity contribution >= 4 is 11.9 Å². The molecule has 0 aliphatic rings. The third-order valence-electron chi connectivity index (χ3n) is 3.15. The first kappa shape index (κ1) is 19.7. The first-order chi connectivity index (χ1) is 11.0. The number of carbonyl (C=O) groups is 2. The lowest BCUT2D eigenvalue weighted by Gasteiger charge is -2.18. The van der Waals surface area contributed by atoms with E-state index in [1.807, 2.05) is 13.8 Å². The quantitative estimate of drug-likeness (QED) is 0.792. The van der Waals surface area contributed by atoms with Gasteiger partial charge < -0.3 is 14.6 Å². The van der Waals surface area contributed by atoms with Crippen molar-refractivity contribution in [1.29, 1.82) is 0 Å². The van der Waals surface area contributed by atoms with Crippen molar-refractivity contribution in [2.24, 2.45) is 5.92 Å². The Hall–Kier alpha value is -2.32. The highest BCUT2D eigenvalue weighted by Gasteiger charge is 2.31. The number of amides is 1. The van der Waals surface area contributed by atoms with Crippen molar-refractivity contribution < 1.29 is 27.5 Å². The lowest BCUT2D eigenvalue weighted by molar-refractivity contribution is -0.145. The number of methoxy groups -OCH3 is 1. The molecule has 0 spiro atoms. The fourth-order valence-electron chi connectivity index (χ4n) is 2.05.